The summed E-state index contributed by atoms with van der Waals surface area (Å²) in [5.74, 6) is 1.45. The Hall–Kier alpha value is -1.46. The second kappa shape index (κ2) is 4.90. The molecule has 106 valence electrons. The average molecular weight is 275 g/mol. The SMILES string of the molecule is CC1CC1c1ccc(CN(C)C(=O)CC(F)(F)F)o1. The Morgan fingerprint density at radius 2 is 2.11 bits per heavy atom. The summed E-state index contributed by atoms with van der Waals surface area (Å²) in [4.78, 5) is 12.4. The first-order valence-corrected chi connectivity index (χ1v) is 6.15. The maximum atomic E-state index is 12.1. The number of carbonyl (C=O) groups excluding carboxylic acids is 1. The molecule has 6 heteroatoms. The molecule has 2 unspecified atom stereocenters. The molecule has 2 atom stereocenters. The van der Waals surface area contributed by atoms with Crippen LogP contribution in [0.4, 0.5) is 13.2 Å². The minimum atomic E-state index is -4.47. The van der Waals surface area contributed by atoms with Crippen LogP contribution >= 0.6 is 0 Å². The molecule has 1 aliphatic carbocycles. The van der Waals surface area contributed by atoms with Gasteiger partial charge in [0.25, 0.3) is 0 Å². The molecular formula is C13H16F3NO2. The van der Waals surface area contributed by atoms with Gasteiger partial charge in [-0.1, -0.05) is 6.92 Å². The van der Waals surface area contributed by atoms with E-state index in [-0.39, 0.29) is 6.54 Å². The molecule has 1 aromatic rings. The van der Waals surface area contributed by atoms with E-state index in [1.165, 1.54) is 7.05 Å². The fraction of sp³-hybridized carbons (Fsp3) is 0.615. The van der Waals surface area contributed by atoms with Crippen molar-refractivity contribution < 1.29 is 22.4 Å². The van der Waals surface area contributed by atoms with Gasteiger partial charge in [-0.05, 0) is 24.5 Å². The molecule has 1 fully saturated rings. The fourth-order valence-corrected chi connectivity index (χ4v) is 2.03. The summed E-state index contributed by atoms with van der Waals surface area (Å²) in [6.07, 6.45) is -4.82. The Bertz CT molecular complexity index is 467. The molecule has 0 saturated heterocycles. The van der Waals surface area contributed by atoms with Crippen molar-refractivity contribution in [3.05, 3.63) is 23.7 Å². The van der Waals surface area contributed by atoms with Crippen molar-refractivity contribution in [3.8, 4) is 0 Å². The molecule has 0 aromatic carbocycles. The van der Waals surface area contributed by atoms with Crippen molar-refractivity contribution >= 4 is 5.91 Å². The van der Waals surface area contributed by atoms with Crippen LogP contribution in [0, 0.1) is 5.92 Å². The van der Waals surface area contributed by atoms with Gasteiger partial charge in [0.2, 0.25) is 5.91 Å². The largest absolute Gasteiger partial charge is 0.464 e. The van der Waals surface area contributed by atoms with E-state index in [1.807, 2.05) is 6.07 Å². The van der Waals surface area contributed by atoms with E-state index in [0.717, 1.165) is 17.1 Å². The maximum Gasteiger partial charge on any atom is 0.397 e. The molecule has 1 aliphatic rings. The minimum absolute atomic E-state index is 0.0655. The topological polar surface area (TPSA) is 33.5 Å². The second-order valence-electron chi connectivity index (χ2n) is 5.17. The number of halogens is 3. The van der Waals surface area contributed by atoms with Crippen molar-refractivity contribution in [1.29, 1.82) is 0 Å². The van der Waals surface area contributed by atoms with Crippen LogP contribution in [0.5, 0.6) is 0 Å². The number of furan rings is 1. The first kappa shape index (κ1) is 14.0. The van der Waals surface area contributed by atoms with E-state index in [2.05, 4.69) is 6.92 Å². The van der Waals surface area contributed by atoms with Crippen molar-refractivity contribution in [3.63, 3.8) is 0 Å². The van der Waals surface area contributed by atoms with Gasteiger partial charge in [-0.2, -0.15) is 13.2 Å². The van der Waals surface area contributed by atoms with Crippen LogP contribution in [0.2, 0.25) is 0 Å². The normalized spacial score (nSPS) is 22.4. The standard InChI is InChI=1S/C13H16F3NO2/c1-8-5-10(8)11-4-3-9(19-11)7-17(2)12(18)6-13(14,15)16/h3-4,8,10H,5-7H2,1-2H3. The van der Waals surface area contributed by atoms with E-state index < -0.39 is 18.5 Å². The number of carbonyl (C=O) groups is 1. The molecule has 19 heavy (non-hydrogen) atoms. The predicted molar refractivity (Wildman–Crippen MR) is 62.4 cm³/mol. The van der Waals surface area contributed by atoms with Gasteiger partial charge < -0.3 is 9.32 Å². The van der Waals surface area contributed by atoms with Crippen LogP contribution in [0.25, 0.3) is 0 Å². The van der Waals surface area contributed by atoms with Crippen molar-refractivity contribution in [1.82, 2.24) is 4.90 Å². The van der Waals surface area contributed by atoms with E-state index in [0.29, 0.717) is 17.6 Å². The number of amides is 1. The minimum Gasteiger partial charge on any atom is -0.464 e. The average Bonchev–Trinajstić information content (AvgIpc) is 2.82. The zero-order valence-electron chi connectivity index (χ0n) is 10.8. The van der Waals surface area contributed by atoms with Crippen LogP contribution in [0.3, 0.4) is 0 Å². The van der Waals surface area contributed by atoms with Gasteiger partial charge >= 0.3 is 6.18 Å². The first-order valence-electron chi connectivity index (χ1n) is 6.15. The molecule has 0 N–H and O–H groups in total. The molecule has 1 saturated carbocycles. The van der Waals surface area contributed by atoms with E-state index in [4.69, 9.17) is 4.42 Å². The summed E-state index contributed by atoms with van der Waals surface area (Å²) < 4.78 is 41.8. The van der Waals surface area contributed by atoms with Crippen LogP contribution in [-0.4, -0.2) is 24.0 Å². The van der Waals surface area contributed by atoms with Crippen molar-refractivity contribution in [2.45, 2.75) is 38.4 Å². The highest BCUT2D eigenvalue weighted by atomic mass is 19.4. The fourth-order valence-electron chi connectivity index (χ4n) is 2.03. The van der Waals surface area contributed by atoms with Gasteiger partial charge in [-0.25, -0.2) is 0 Å². The highest BCUT2D eigenvalue weighted by molar-refractivity contribution is 5.76. The van der Waals surface area contributed by atoms with Crippen LogP contribution in [-0.2, 0) is 11.3 Å². The number of hydrogen-bond acceptors (Lipinski definition) is 2. The monoisotopic (exact) mass is 275 g/mol. The Balaban J connectivity index is 1.89. The molecule has 1 heterocycles. The molecule has 0 aliphatic heterocycles. The van der Waals surface area contributed by atoms with Crippen molar-refractivity contribution in [2.24, 2.45) is 5.92 Å². The summed E-state index contributed by atoms with van der Waals surface area (Å²) in [6.45, 7) is 2.18. The van der Waals surface area contributed by atoms with Gasteiger partial charge in [-0.3, -0.25) is 4.79 Å². The Labute approximate surface area is 109 Å². The number of rotatable bonds is 4. The maximum absolute atomic E-state index is 12.1. The molecule has 3 nitrogen and oxygen atoms in total. The van der Waals surface area contributed by atoms with Gasteiger partial charge in [0.15, 0.2) is 0 Å². The lowest BCUT2D eigenvalue weighted by Gasteiger charge is -2.16. The summed E-state index contributed by atoms with van der Waals surface area (Å²) in [5.41, 5.74) is 0. The van der Waals surface area contributed by atoms with Crippen molar-refractivity contribution in [2.75, 3.05) is 7.05 Å². The molecular weight excluding hydrogens is 259 g/mol. The molecule has 2 rings (SSSR count). The number of nitrogens with zero attached hydrogens (tertiary/aromatic N) is 1. The van der Waals surface area contributed by atoms with E-state index in [1.54, 1.807) is 6.07 Å². The molecule has 0 spiro atoms. The van der Waals surface area contributed by atoms with E-state index >= 15 is 0 Å². The smallest absolute Gasteiger partial charge is 0.397 e. The zero-order valence-corrected chi connectivity index (χ0v) is 10.8. The lowest BCUT2D eigenvalue weighted by molar-refractivity contribution is -0.161. The van der Waals surface area contributed by atoms with Gasteiger partial charge in [-0.15, -0.1) is 0 Å². The Morgan fingerprint density at radius 3 is 2.63 bits per heavy atom. The van der Waals surface area contributed by atoms with Gasteiger partial charge in [0, 0.05) is 13.0 Å². The summed E-state index contributed by atoms with van der Waals surface area (Å²) >= 11 is 0. The summed E-state index contributed by atoms with van der Waals surface area (Å²) in [7, 11) is 1.34. The first-order chi connectivity index (χ1) is 8.76. The quantitative estimate of drug-likeness (QED) is 0.844. The number of hydrogen-bond donors (Lipinski definition) is 0. The molecule has 1 amide bonds. The van der Waals surface area contributed by atoms with Gasteiger partial charge in [0.05, 0.1) is 6.54 Å². The number of alkyl halides is 3. The Kier molecular flexibility index (Phi) is 3.60. The highest BCUT2D eigenvalue weighted by Gasteiger charge is 2.37. The van der Waals surface area contributed by atoms with E-state index in [9.17, 15) is 18.0 Å². The predicted octanol–water partition coefficient (Wildman–Crippen LogP) is 3.31. The highest BCUT2D eigenvalue weighted by Crippen LogP contribution is 2.47. The van der Waals surface area contributed by atoms with Gasteiger partial charge in [0.1, 0.15) is 17.9 Å². The lowest BCUT2D eigenvalue weighted by Crippen LogP contribution is -2.30. The van der Waals surface area contributed by atoms with Crippen LogP contribution < -0.4 is 0 Å². The molecule has 0 bridgehead atoms. The van der Waals surface area contributed by atoms with Crippen LogP contribution in [0.1, 0.15) is 37.2 Å². The third-order valence-corrected chi connectivity index (χ3v) is 3.33. The third-order valence-electron chi connectivity index (χ3n) is 3.33. The lowest BCUT2D eigenvalue weighted by atomic mass is 10.3. The second-order valence-corrected chi connectivity index (χ2v) is 5.17. The summed E-state index contributed by atoms with van der Waals surface area (Å²) in [5, 5.41) is 0. The third kappa shape index (κ3) is 3.75. The Morgan fingerprint density at radius 1 is 1.47 bits per heavy atom. The zero-order chi connectivity index (χ0) is 14.2. The summed E-state index contributed by atoms with van der Waals surface area (Å²) in [6, 6.07) is 3.56. The molecule has 1 aromatic heterocycles. The van der Waals surface area contributed by atoms with Crippen LogP contribution in [0.15, 0.2) is 16.5 Å². The molecule has 0 radical (unpaired) electrons.